The molecule has 1 heterocycles. The molecule has 0 spiro atoms. The largest absolute Gasteiger partial charge is 0.487 e. The summed E-state index contributed by atoms with van der Waals surface area (Å²) in [5, 5.41) is 7.00. The minimum atomic E-state index is -0.169. The van der Waals surface area contributed by atoms with Crippen molar-refractivity contribution in [3.8, 4) is 5.75 Å². The Hall–Kier alpha value is -0.980. The predicted molar refractivity (Wildman–Crippen MR) is 110 cm³/mol. The number of hydrogen-bond donors (Lipinski definition) is 2. The summed E-state index contributed by atoms with van der Waals surface area (Å²) in [7, 11) is 0. The van der Waals surface area contributed by atoms with Crippen LogP contribution in [-0.2, 0) is 0 Å². The van der Waals surface area contributed by atoms with Crippen LogP contribution in [-0.4, -0.2) is 24.7 Å². The van der Waals surface area contributed by atoms with Gasteiger partial charge in [0.25, 0.3) is 0 Å². The van der Waals surface area contributed by atoms with Gasteiger partial charge in [0.1, 0.15) is 11.4 Å². The highest BCUT2D eigenvalue weighted by Gasteiger charge is 2.34. The van der Waals surface area contributed by atoms with Crippen LogP contribution < -0.4 is 15.4 Å². The lowest BCUT2D eigenvalue weighted by molar-refractivity contribution is 0.0694. The lowest BCUT2D eigenvalue weighted by atomic mass is 9.90. The van der Waals surface area contributed by atoms with Crippen molar-refractivity contribution in [2.24, 2.45) is 10.9 Å². The molecule has 134 valence electrons. The van der Waals surface area contributed by atoms with Crippen molar-refractivity contribution in [2.45, 2.75) is 58.1 Å². The van der Waals surface area contributed by atoms with E-state index in [2.05, 4.69) is 49.6 Å². The molecule has 2 aliphatic rings. The number of aliphatic imine (C=N–C) groups is 1. The topological polar surface area (TPSA) is 45.7 Å². The summed E-state index contributed by atoms with van der Waals surface area (Å²) in [4.78, 5) is 4.76. The Morgan fingerprint density at radius 3 is 2.75 bits per heavy atom. The monoisotopic (exact) mass is 443 g/mol. The van der Waals surface area contributed by atoms with Crippen LogP contribution in [0.1, 0.15) is 58.1 Å². The molecule has 0 radical (unpaired) electrons. The Balaban J connectivity index is 0.00000208. The fourth-order valence-corrected chi connectivity index (χ4v) is 3.18. The molecule has 1 aliphatic carbocycles. The fraction of sp³-hybridized carbons (Fsp3) is 0.632. The van der Waals surface area contributed by atoms with Crippen LogP contribution in [0, 0.1) is 5.92 Å². The van der Waals surface area contributed by atoms with Crippen molar-refractivity contribution >= 4 is 29.9 Å². The zero-order chi connectivity index (χ0) is 16.3. The highest BCUT2D eigenvalue weighted by molar-refractivity contribution is 14.0. The van der Waals surface area contributed by atoms with E-state index in [1.165, 1.54) is 24.8 Å². The van der Waals surface area contributed by atoms with E-state index in [0.29, 0.717) is 0 Å². The van der Waals surface area contributed by atoms with Crippen LogP contribution >= 0.6 is 24.0 Å². The van der Waals surface area contributed by atoms with E-state index in [0.717, 1.165) is 37.1 Å². The lowest BCUT2D eigenvalue weighted by Gasteiger charge is -2.38. The zero-order valence-electron chi connectivity index (χ0n) is 15.0. The summed E-state index contributed by atoms with van der Waals surface area (Å²) in [6.07, 6.45) is 4.92. The van der Waals surface area contributed by atoms with Gasteiger partial charge in [0.15, 0.2) is 5.96 Å². The van der Waals surface area contributed by atoms with Crippen molar-refractivity contribution < 1.29 is 4.74 Å². The van der Waals surface area contributed by atoms with Gasteiger partial charge in [0, 0.05) is 25.1 Å². The quantitative estimate of drug-likeness (QED) is 0.406. The first kappa shape index (κ1) is 19.3. The van der Waals surface area contributed by atoms with Gasteiger partial charge >= 0.3 is 0 Å². The molecule has 2 N–H and O–H groups in total. The zero-order valence-corrected chi connectivity index (χ0v) is 17.3. The lowest BCUT2D eigenvalue weighted by Crippen LogP contribution is -2.45. The van der Waals surface area contributed by atoms with E-state index >= 15 is 0 Å². The Morgan fingerprint density at radius 1 is 1.29 bits per heavy atom. The van der Waals surface area contributed by atoms with Gasteiger partial charge in [-0.25, -0.2) is 0 Å². The van der Waals surface area contributed by atoms with E-state index in [-0.39, 0.29) is 35.6 Å². The molecule has 1 fully saturated rings. The second-order valence-corrected chi connectivity index (χ2v) is 7.29. The Kier molecular flexibility index (Phi) is 6.78. The van der Waals surface area contributed by atoms with Crippen LogP contribution in [0.15, 0.2) is 29.3 Å². The number of guanidine groups is 1. The first-order valence-corrected chi connectivity index (χ1v) is 8.90. The average Bonchev–Trinajstić information content (AvgIpc) is 3.30. The van der Waals surface area contributed by atoms with Crippen molar-refractivity contribution in [1.29, 1.82) is 0 Å². The maximum Gasteiger partial charge on any atom is 0.191 e. The number of ether oxygens (including phenoxy) is 1. The Labute approximate surface area is 162 Å². The summed E-state index contributed by atoms with van der Waals surface area (Å²) in [5.74, 6) is 2.82. The molecule has 0 amide bonds. The second kappa shape index (κ2) is 8.41. The normalized spacial score (nSPS) is 22.0. The number of rotatable bonds is 5. The van der Waals surface area contributed by atoms with Crippen LogP contribution in [0.25, 0.3) is 0 Å². The molecule has 1 aromatic rings. The summed E-state index contributed by atoms with van der Waals surface area (Å²) < 4.78 is 6.11. The Morgan fingerprint density at radius 2 is 2.04 bits per heavy atom. The molecule has 4 nitrogen and oxygen atoms in total. The molecule has 1 aliphatic heterocycles. The molecule has 1 unspecified atom stereocenters. The number of nitrogens with one attached hydrogen (secondary N) is 2. The first-order valence-electron chi connectivity index (χ1n) is 8.90. The van der Waals surface area contributed by atoms with Gasteiger partial charge in [0.05, 0.1) is 6.04 Å². The fourth-order valence-electron chi connectivity index (χ4n) is 3.18. The van der Waals surface area contributed by atoms with Gasteiger partial charge in [-0.3, -0.25) is 4.99 Å². The molecule has 5 heteroatoms. The van der Waals surface area contributed by atoms with Crippen molar-refractivity contribution in [1.82, 2.24) is 10.6 Å². The maximum absolute atomic E-state index is 6.11. The number of hydrogen-bond acceptors (Lipinski definition) is 2. The summed E-state index contributed by atoms with van der Waals surface area (Å²) >= 11 is 0. The summed E-state index contributed by atoms with van der Waals surface area (Å²) in [5.41, 5.74) is 1.05. The number of para-hydroxylation sites is 1. The van der Waals surface area contributed by atoms with E-state index in [1.54, 1.807) is 0 Å². The predicted octanol–water partition coefficient (Wildman–Crippen LogP) is 4.26. The van der Waals surface area contributed by atoms with Gasteiger partial charge in [-0.2, -0.15) is 0 Å². The SMILES string of the molecule is CCNC(=NCCC1CC1)NC1CC(C)(C)Oc2ccccc21.I. The van der Waals surface area contributed by atoms with Crippen LogP contribution in [0.3, 0.4) is 0 Å². The molecular formula is C19H30IN3O. The smallest absolute Gasteiger partial charge is 0.191 e. The third-order valence-electron chi connectivity index (χ3n) is 4.54. The van der Waals surface area contributed by atoms with Crippen LogP contribution in [0.5, 0.6) is 5.75 Å². The van der Waals surface area contributed by atoms with E-state index < -0.39 is 0 Å². The molecule has 3 rings (SSSR count). The minimum absolute atomic E-state index is 0. The number of benzene rings is 1. The van der Waals surface area contributed by atoms with Gasteiger partial charge in [-0.05, 0) is 39.2 Å². The third-order valence-corrected chi connectivity index (χ3v) is 4.54. The van der Waals surface area contributed by atoms with Gasteiger partial charge in [-0.1, -0.05) is 31.0 Å². The van der Waals surface area contributed by atoms with E-state index in [9.17, 15) is 0 Å². The first-order chi connectivity index (χ1) is 11.1. The third kappa shape index (κ3) is 5.26. The molecule has 0 bridgehead atoms. The van der Waals surface area contributed by atoms with Crippen molar-refractivity contribution in [3.63, 3.8) is 0 Å². The maximum atomic E-state index is 6.11. The van der Waals surface area contributed by atoms with Gasteiger partial charge < -0.3 is 15.4 Å². The van der Waals surface area contributed by atoms with Crippen molar-refractivity contribution in [2.75, 3.05) is 13.1 Å². The summed E-state index contributed by atoms with van der Waals surface area (Å²) in [6.45, 7) is 8.20. The number of nitrogens with zero attached hydrogens (tertiary/aromatic N) is 1. The Bertz CT molecular complexity index is 569. The minimum Gasteiger partial charge on any atom is -0.487 e. The highest BCUT2D eigenvalue weighted by Crippen LogP contribution is 2.39. The second-order valence-electron chi connectivity index (χ2n) is 7.29. The van der Waals surface area contributed by atoms with Gasteiger partial charge in [-0.15, -0.1) is 24.0 Å². The molecular weight excluding hydrogens is 413 g/mol. The number of halogens is 1. The molecule has 1 atom stereocenters. The molecule has 1 saturated carbocycles. The molecule has 24 heavy (non-hydrogen) atoms. The van der Waals surface area contributed by atoms with E-state index in [1.807, 2.05) is 6.07 Å². The van der Waals surface area contributed by atoms with Crippen LogP contribution in [0.4, 0.5) is 0 Å². The summed E-state index contributed by atoms with van der Waals surface area (Å²) in [6, 6.07) is 8.55. The number of fused-ring (bicyclic) bond motifs is 1. The highest BCUT2D eigenvalue weighted by atomic mass is 127. The molecule has 1 aromatic carbocycles. The van der Waals surface area contributed by atoms with Crippen LogP contribution in [0.2, 0.25) is 0 Å². The molecule has 0 aromatic heterocycles. The van der Waals surface area contributed by atoms with E-state index in [4.69, 9.17) is 9.73 Å². The van der Waals surface area contributed by atoms with Gasteiger partial charge in [0.2, 0.25) is 0 Å². The standard InChI is InChI=1S/C19H29N3O.HI/c1-4-20-18(21-12-11-14-9-10-14)22-16-13-19(2,3)23-17-8-6-5-7-15(16)17;/h5-8,14,16H,4,9-13H2,1-3H3,(H2,20,21,22);1H. The molecule has 0 saturated heterocycles. The average molecular weight is 443 g/mol. The van der Waals surface area contributed by atoms with Crippen molar-refractivity contribution in [3.05, 3.63) is 29.8 Å².